The first-order valence-electron chi connectivity index (χ1n) is 18.9. The molecule has 0 atom stereocenters. The van der Waals surface area contributed by atoms with Gasteiger partial charge in [-0.15, -0.1) is 0 Å². The predicted octanol–water partition coefficient (Wildman–Crippen LogP) is 13.0. The quantitative estimate of drug-likeness (QED) is 0.170. The Bertz CT molecular complexity index is 1730. The Labute approximate surface area is 308 Å². The summed E-state index contributed by atoms with van der Waals surface area (Å²) < 4.78 is 13.8. The van der Waals surface area contributed by atoms with Gasteiger partial charge in [-0.1, -0.05) is 128 Å². The Kier molecular flexibility index (Phi) is 16.5. The Balaban J connectivity index is 0.000000418. The SMILES string of the molecule is C/C=C(/c1cccc(F)c1)c1ccc(C(=O)N2CCC(C(=Nc3ccccc3C)C(C)C)CC2)cc1C.CC(C)c1ccccc1.CCC(C)C. The molecule has 0 aliphatic carbocycles. The summed E-state index contributed by atoms with van der Waals surface area (Å²) >= 11 is 0. The highest BCUT2D eigenvalue weighted by Gasteiger charge is 2.28. The molecule has 272 valence electrons. The van der Waals surface area contributed by atoms with Gasteiger partial charge in [-0.25, -0.2) is 4.39 Å². The van der Waals surface area contributed by atoms with Crippen molar-refractivity contribution < 1.29 is 9.18 Å². The van der Waals surface area contributed by atoms with Crippen LogP contribution in [0.25, 0.3) is 5.57 Å². The number of benzene rings is 4. The molecule has 0 bridgehead atoms. The van der Waals surface area contributed by atoms with Crippen LogP contribution in [-0.2, 0) is 0 Å². The van der Waals surface area contributed by atoms with Gasteiger partial charge in [-0.2, -0.15) is 0 Å². The van der Waals surface area contributed by atoms with Crippen molar-refractivity contribution in [2.45, 2.75) is 94.4 Å². The minimum Gasteiger partial charge on any atom is -0.339 e. The summed E-state index contributed by atoms with van der Waals surface area (Å²) in [4.78, 5) is 20.4. The van der Waals surface area contributed by atoms with E-state index in [1.165, 1.54) is 29.3 Å². The molecule has 1 heterocycles. The van der Waals surface area contributed by atoms with E-state index in [1.54, 1.807) is 12.1 Å². The third-order valence-electron chi connectivity index (χ3n) is 9.63. The van der Waals surface area contributed by atoms with E-state index in [9.17, 15) is 9.18 Å². The lowest BCUT2D eigenvalue weighted by atomic mass is 9.86. The second-order valence-corrected chi connectivity index (χ2v) is 14.7. The minimum absolute atomic E-state index is 0.0721. The summed E-state index contributed by atoms with van der Waals surface area (Å²) in [6, 6.07) is 31.3. The molecule has 4 heteroatoms. The van der Waals surface area contributed by atoms with Crippen LogP contribution in [0.3, 0.4) is 0 Å². The number of carbonyl (C=O) groups excluding carboxylic acids is 1. The second kappa shape index (κ2) is 20.5. The van der Waals surface area contributed by atoms with Crippen molar-refractivity contribution in [3.63, 3.8) is 0 Å². The predicted molar refractivity (Wildman–Crippen MR) is 218 cm³/mol. The van der Waals surface area contributed by atoms with E-state index in [1.807, 2.05) is 67.3 Å². The first-order valence-corrected chi connectivity index (χ1v) is 18.9. The van der Waals surface area contributed by atoms with Gasteiger partial charge < -0.3 is 4.90 Å². The maximum Gasteiger partial charge on any atom is 0.253 e. The second-order valence-electron chi connectivity index (χ2n) is 14.7. The molecule has 51 heavy (non-hydrogen) atoms. The van der Waals surface area contributed by atoms with Crippen molar-refractivity contribution in [2.24, 2.45) is 22.7 Å². The number of halogens is 1. The van der Waals surface area contributed by atoms with Crippen molar-refractivity contribution in [3.05, 3.63) is 142 Å². The van der Waals surface area contributed by atoms with Crippen molar-refractivity contribution in [3.8, 4) is 0 Å². The fourth-order valence-electron chi connectivity index (χ4n) is 6.15. The van der Waals surface area contributed by atoms with E-state index in [-0.39, 0.29) is 11.7 Å². The Hall–Kier alpha value is -4.31. The molecule has 3 nitrogen and oxygen atoms in total. The average Bonchev–Trinajstić information content (AvgIpc) is 3.13. The molecule has 0 saturated carbocycles. The highest BCUT2D eigenvalue weighted by Crippen LogP contribution is 2.30. The van der Waals surface area contributed by atoms with Crippen LogP contribution in [0.1, 0.15) is 119 Å². The number of carbonyl (C=O) groups is 1. The number of aryl methyl sites for hydroxylation is 2. The third kappa shape index (κ3) is 12.5. The molecule has 1 aliphatic rings. The van der Waals surface area contributed by atoms with Crippen LogP contribution in [0, 0.1) is 37.4 Å². The lowest BCUT2D eigenvalue weighted by molar-refractivity contribution is 0.0709. The van der Waals surface area contributed by atoms with Gasteiger partial charge in [0.15, 0.2) is 0 Å². The number of rotatable bonds is 8. The van der Waals surface area contributed by atoms with Crippen molar-refractivity contribution in [1.29, 1.82) is 0 Å². The zero-order chi connectivity index (χ0) is 37.5. The fraction of sp³-hybridized carbons (Fsp3) is 0.404. The van der Waals surface area contributed by atoms with Crippen LogP contribution in [0.5, 0.6) is 0 Å². The molecule has 5 rings (SSSR count). The van der Waals surface area contributed by atoms with E-state index in [0.717, 1.165) is 59.8 Å². The molecule has 1 amide bonds. The van der Waals surface area contributed by atoms with E-state index in [4.69, 9.17) is 4.99 Å². The molecule has 1 saturated heterocycles. The maximum atomic E-state index is 13.8. The number of para-hydroxylation sites is 1. The maximum absolute atomic E-state index is 13.8. The number of hydrogen-bond donors (Lipinski definition) is 0. The molecule has 0 aromatic heterocycles. The molecule has 0 radical (unpaired) electrons. The summed E-state index contributed by atoms with van der Waals surface area (Å²) in [5.41, 5.74) is 9.39. The Morgan fingerprint density at radius 2 is 1.43 bits per heavy atom. The summed E-state index contributed by atoms with van der Waals surface area (Å²) in [5.74, 6) is 2.11. The number of nitrogens with zero attached hydrogens (tertiary/aromatic N) is 2. The molecule has 0 N–H and O–H groups in total. The lowest BCUT2D eigenvalue weighted by Crippen LogP contribution is -2.41. The third-order valence-corrected chi connectivity index (χ3v) is 9.63. The number of allylic oxidation sites excluding steroid dienone is 1. The summed E-state index contributed by atoms with van der Waals surface area (Å²) in [6.07, 6.45) is 5.15. The average molecular weight is 689 g/mol. The van der Waals surface area contributed by atoms with Crippen LogP contribution in [0.2, 0.25) is 0 Å². The first-order chi connectivity index (χ1) is 24.4. The monoisotopic (exact) mass is 688 g/mol. The van der Waals surface area contributed by atoms with Crippen molar-refractivity contribution in [1.82, 2.24) is 4.90 Å². The zero-order valence-corrected chi connectivity index (χ0v) is 32.8. The van der Waals surface area contributed by atoms with Gasteiger partial charge in [0.05, 0.1) is 5.69 Å². The Morgan fingerprint density at radius 3 is 1.94 bits per heavy atom. The largest absolute Gasteiger partial charge is 0.339 e. The van der Waals surface area contributed by atoms with Gasteiger partial charge in [-0.3, -0.25) is 9.79 Å². The standard InChI is InChI=1S/C33H37FN2O.C9H12.C5H12/c1-6-29(26-11-9-12-28(34)21-26)30-15-14-27(20-24(30)5)33(37)36-18-16-25(17-19-36)32(22(2)3)35-31-13-8-7-10-23(31)4;1-8(2)9-6-4-3-5-7-9;1-4-5(2)3/h6-15,20-22,25H,16-19H2,1-5H3;3-8H,1-2H3;5H,4H2,1-3H3/b29-6-,35-32?;;. The molecule has 0 spiro atoms. The topological polar surface area (TPSA) is 32.7 Å². The van der Waals surface area contributed by atoms with Crippen LogP contribution >= 0.6 is 0 Å². The van der Waals surface area contributed by atoms with Crippen molar-refractivity contribution >= 4 is 22.9 Å². The van der Waals surface area contributed by atoms with Crippen LogP contribution in [0.15, 0.2) is 108 Å². The Morgan fingerprint density at radius 1 is 0.804 bits per heavy atom. The molecule has 0 unspecified atom stereocenters. The first kappa shape index (κ1) is 41.1. The fourth-order valence-corrected chi connectivity index (χ4v) is 6.15. The summed E-state index contributed by atoms with van der Waals surface area (Å²) in [7, 11) is 0. The molecule has 4 aromatic rings. The van der Waals surface area contributed by atoms with E-state index < -0.39 is 0 Å². The molecule has 1 fully saturated rings. The van der Waals surface area contributed by atoms with E-state index in [0.29, 0.717) is 23.3 Å². The molecule has 4 aromatic carbocycles. The van der Waals surface area contributed by atoms with E-state index in [2.05, 4.69) is 91.8 Å². The summed E-state index contributed by atoms with van der Waals surface area (Å²) in [5, 5.41) is 0. The lowest BCUT2D eigenvalue weighted by Gasteiger charge is -2.34. The highest BCUT2D eigenvalue weighted by atomic mass is 19.1. The molecular weight excluding hydrogens is 628 g/mol. The number of aliphatic imine (C=N–C) groups is 1. The smallest absolute Gasteiger partial charge is 0.253 e. The highest BCUT2D eigenvalue weighted by molar-refractivity contribution is 5.96. The molecular formula is C47H61FN2O. The van der Waals surface area contributed by atoms with Gasteiger partial charge in [0, 0.05) is 30.3 Å². The van der Waals surface area contributed by atoms with Gasteiger partial charge in [0.2, 0.25) is 0 Å². The van der Waals surface area contributed by atoms with Crippen LogP contribution < -0.4 is 0 Å². The summed E-state index contributed by atoms with van der Waals surface area (Å²) in [6.45, 7) is 23.0. The van der Waals surface area contributed by atoms with Gasteiger partial charge in [0.1, 0.15) is 5.82 Å². The number of hydrogen-bond acceptors (Lipinski definition) is 2. The van der Waals surface area contributed by atoms with Gasteiger partial charge >= 0.3 is 0 Å². The number of likely N-dealkylation sites (tertiary alicyclic amines) is 1. The zero-order valence-electron chi connectivity index (χ0n) is 32.8. The number of amides is 1. The normalized spacial score (nSPS) is 13.9. The minimum atomic E-state index is -0.255. The van der Waals surface area contributed by atoms with Crippen molar-refractivity contribution in [2.75, 3.05) is 13.1 Å². The van der Waals surface area contributed by atoms with Crippen LogP contribution in [0.4, 0.5) is 10.1 Å². The van der Waals surface area contributed by atoms with Crippen LogP contribution in [-0.4, -0.2) is 29.6 Å². The van der Waals surface area contributed by atoms with Gasteiger partial charge in [-0.05, 0) is 115 Å². The number of piperidine rings is 1. The van der Waals surface area contributed by atoms with E-state index >= 15 is 0 Å². The van der Waals surface area contributed by atoms with Gasteiger partial charge in [0.25, 0.3) is 5.91 Å². The molecule has 1 aliphatic heterocycles.